The third-order valence-electron chi connectivity index (χ3n) is 3.03. The summed E-state index contributed by atoms with van der Waals surface area (Å²) < 4.78 is 24.1. The molecule has 108 valence electrons. The molecule has 5 heteroatoms. The number of hydrogen-bond donors (Lipinski definition) is 1. The van der Waals surface area contributed by atoms with Crippen molar-refractivity contribution in [1.82, 2.24) is 5.32 Å². The van der Waals surface area contributed by atoms with Gasteiger partial charge in [0, 0.05) is 11.1 Å². The van der Waals surface area contributed by atoms with Gasteiger partial charge in [-0.15, -0.1) is 0 Å². The van der Waals surface area contributed by atoms with Crippen molar-refractivity contribution < 1.29 is 8.42 Å². The van der Waals surface area contributed by atoms with Gasteiger partial charge in [-0.05, 0) is 50.6 Å². The van der Waals surface area contributed by atoms with Gasteiger partial charge in [-0.25, -0.2) is 8.42 Å². The van der Waals surface area contributed by atoms with Gasteiger partial charge >= 0.3 is 0 Å². The third kappa shape index (κ3) is 5.93. The summed E-state index contributed by atoms with van der Waals surface area (Å²) in [6.45, 7) is 5.14. The maximum atomic E-state index is 12.1. The fourth-order valence-corrected chi connectivity index (χ4v) is 3.45. The summed E-state index contributed by atoms with van der Waals surface area (Å²) in [6.07, 6.45) is 2.62. The van der Waals surface area contributed by atoms with Crippen LogP contribution in [-0.2, 0) is 9.84 Å². The average molecular weight is 304 g/mol. The van der Waals surface area contributed by atoms with Crippen molar-refractivity contribution in [3.05, 3.63) is 29.3 Å². The summed E-state index contributed by atoms with van der Waals surface area (Å²) in [4.78, 5) is 0.358. The van der Waals surface area contributed by atoms with E-state index in [1.807, 2.05) is 0 Å². The molecule has 1 aromatic carbocycles. The van der Waals surface area contributed by atoms with Crippen LogP contribution in [-0.4, -0.2) is 26.8 Å². The predicted octanol–water partition coefficient (Wildman–Crippen LogP) is 3.28. The van der Waals surface area contributed by atoms with E-state index in [2.05, 4.69) is 19.2 Å². The number of unbranched alkanes of at least 4 members (excludes halogenated alkanes) is 1. The molecule has 1 rings (SSSR count). The standard InChI is InChI=1S/C14H22ClNO2S/c1-3-16-12(2)6-4-5-11-19(17,18)14-9-7-13(15)8-10-14/h7-10,12,16H,3-6,11H2,1-2H3. The molecule has 0 heterocycles. The molecular weight excluding hydrogens is 282 g/mol. The van der Waals surface area contributed by atoms with E-state index in [1.54, 1.807) is 24.3 Å². The first-order valence-corrected chi connectivity index (χ1v) is 8.70. The molecule has 0 amide bonds. The van der Waals surface area contributed by atoms with E-state index in [0.717, 1.165) is 19.4 Å². The average Bonchev–Trinajstić information content (AvgIpc) is 2.36. The summed E-state index contributed by atoms with van der Waals surface area (Å²) >= 11 is 5.75. The van der Waals surface area contributed by atoms with E-state index in [0.29, 0.717) is 22.4 Å². The molecule has 0 spiro atoms. The molecule has 0 saturated carbocycles. The van der Waals surface area contributed by atoms with Crippen LogP contribution in [0.25, 0.3) is 0 Å². The van der Waals surface area contributed by atoms with Crippen LogP contribution in [0.3, 0.4) is 0 Å². The van der Waals surface area contributed by atoms with Crippen molar-refractivity contribution in [2.75, 3.05) is 12.3 Å². The molecule has 1 N–H and O–H groups in total. The topological polar surface area (TPSA) is 46.2 Å². The quantitative estimate of drug-likeness (QED) is 0.750. The Morgan fingerprint density at radius 3 is 2.42 bits per heavy atom. The van der Waals surface area contributed by atoms with Crippen LogP contribution in [0.1, 0.15) is 33.1 Å². The van der Waals surface area contributed by atoms with Gasteiger partial charge in [-0.1, -0.05) is 24.9 Å². The Bertz CT molecular complexity index is 471. The van der Waals surface area contributed by atoms with Crippen LogP contribution >= 0.6 is 11.6 Å². The first-order chi connectivity index (χ1) is 8.95. The number of halogens is 1. The fourth-order valence-electron chi connectivity index (χ4n) is 1.95. The zero-order valence-corrected chi connectivity index (χ0v) is 13.1. The summed E-state index contributed by atoms with van der Waals surface area (Å²) in [6, 6.07) is 6.81. The van der Waals surface area contributed by atoms with Crippen molar-refractivity contribution in [3.63, 3.8) is 0 Å². The maximum Gasteiger partial charge on any atom is 0.178 e. The lowest BCUT2D eigenvalue weighted by atomic mass is 10.1. The fraction of sp³-hybridized carbons (Fsp3) is 0.571. The second-order valence-corrected chi connectivity index (χ2v) is 7.27. The van der Waals surface area contributed by atoms with E-state index < -0.39 is 9.84 Å². The van der Waals surface area contributed by atoms with Gasteiger partial charge in [-0.3, -0.25) is 0 Å². The molecule has 0 aromatic heterocycles. The first kappa shape index (κ1) is 16.5. The van der Waals surface area contributed by atoms with E-state index >= 15 is 0 Å². The molecule has 0 aliphatic heterocycles. The Morgan fingerprint density at radius 2 is 1.84 bits per heavy atom. The number of hydrogen-bond acceptors (Lipinski definition) is 3. The highest BCUT2D eigenvalue weighted by Gasteiger charge is 2.13. The van der Waals surface area contributed by atoms with Crippen molar-refractivity contribution in [2.24, 2.45) is 0 Å². The van der Waals surface area contributed by atoms with E-state index in [-0.39, 0.29) is 5.75 Å². The smallest absolute Gasteiger partial charge is 0.178 e. The van der Waals surface area contributed by atoms with Crippen LogP contribution in [0.4, 0.5) is 0 Å². The van der Waals surface area contributed by atoms with E-state index in [4.69, 9.17) is 11.6 Å². The molecule has 1 aromatic rings. The number of benzene rings is 1. The molecule has 1 unspecified atom stereocenters. The van der Waals surface area contributed by atoms with Crippen LogP contribution < -0.4 is 5.32 Å². The summed E-state index contributed by atoms with van der Waals surface area (Å²) in [7, 11) is -3.17. The number of sulfone groups is 1. The van der Waals surface area contributed by atoms with Crippen molar-refractivity contribution >= 4 is 21.4 Å². The van der Waals surface area contributed by atoms with Crippen LogP contribution in [0.2, 0.25) is 5.02 Å². The second kappa shape index (κ2) is 7.88. The van der Waals surface area contributed by atoms with Crippen LogP contribution in [0, 0.1) is 0 Å². The zero-order chi connectivity index (χ0) is 14.3. The van der Waals surface area contributed by atoms with Crippen LogP contribution in [0.15, 0.2) is 29.2 Å². The summed E-state index contributed by atoms with van der Waals surface area (Å²) in [5, 5.41) is 3.87. The lowest BCUT2D eigenvalue weighted by molar-refractivity contribution is 0.507. The predicted molar refractivity (Wildman–Crippen MR) is 80.5 cm³/mol. The minimum absolute atomic E-state index is 0.202. The summed E-state index contributed by atoms with van der Waals surface area (Å²) in [5.74, 6) is 0.202. The molecule has 0 aliphatic carbocycles. The largest absolute Gasteiger partial charge is 0.315 e. The van der Waals surface area contributed by atoms with Crippen molar-refractivity contribution in [3.8, 4) is 0 Å². The Balaban J connectivity index is 2.41. The highest BCUT2D eigenvalue weighted by molar-refractivity contribution is 7.91. The van der Waals surface area contributed by atoms with Gasteiger partial charge in [0.2, 0.25) is 0 Å². The Morgan fingerprint density at radius 1 is 1.21 bits per heavy atom. The SMILES string of the molecule is CCNC(C)CCCCS(=O)(=O)c1ccc(Cl)cc1. The van der Waals surface area contributed by atoms with Gasteiger partial charge in [0.25, 0.3) is 0 Å². The maximum absolute atomic E-state index is 12.1. The molecule has 0 saturated heterocycles. The molecular formula is C14H22ClNO2S. The minimum atomic E-state index is -3.17. The number of rotatable bonds is 8. The molecule has 3 nitrogen and oxygen atoms in total. The number of nitrogens with one attached hydrogen (secondary N) is 1. The van der Waals surface area contributed by atoms with E-state index in [1.165, 1.54) is 0 Å². The molecule has 1 atom stereocenters. The highest BCUT2D eigenvalue weighted by atomic mass is 35.5. The Hall–Kier alpha value is -0.580. The second-order valence-electron chi connectivity index (χ2n) is 4.73. The van der Waals surface area contributed by atoms with Gasteiger partial charge in [0.05, 0.1) is 10.6 Å². The van der Waals surface area contributed by atoms with Gasteiger partial charge in [0.15, 0.2) is 9.84 Å². The van der Waals surface area contributed by atoms with Crippen molar-refractivity contribution in [1.29, 1.82) is 0 Å². The lowest BCUT2D eigenvalue weighted by Gasteiger charge is -2.11. The minimum Gasteiger partial charge on any atom is -0.315 e. The molecule has 19 heavy (non-hydrogen) atoms. The monoisotopic (exact) mass is 303 g/mol. The third-order valence-corrected chi connectivity index (χ3v) is 5.09. The Labute approximate surface area is 121 Å². The normalized spacial score (nSPS) is 13.4. The summed E-state index contributed by atoms with van der Waals surface area (Å²) in [5.41, 5.74) is 0. The highest BCUT2D eigenvalue weighted by Crippen LogP contribution is 2.16. The van der Waals surface area contributed by atoms with Gasteiger partial charge in [-0.2, -0.15) is 0 Å². The Kier molecular flexibility index (Phi) is 6.83. The van der Waals surface area contributed by atoms with Gasteiger partial charge < -0.3 is 5.32 Å². The van der Waals surface area contributed by atoms with E-state index in [9.17, 15) is 8.42 Å². The van der Waals surface area contributed by atoms with Gasteiger partial charge in [0.1, 0.15) is 0 Å². The molecule has 0 aliphatic rings. The zero-order valence-electron chi connectivity index (χ0n) is 11.5. The molecule has 0 fully saturated rings. The first-order valence-electron chi connectivity index (χ1n) is 6.67. The van der Waals surface area contributed by atoms with Crippen LogP contribution in [0.5, 0.6) is 0 Å². The van der Waals surface area contributed by atoms with Crippen molar-refractivity contribution in [2.45, 2.75) is 44.0 Å². The molecule has 0 bridgehead atoms. The molecule has 0 radical (unpaired) electrons. The lowest BCUT2D eigenvalue weighted by Crippen LogP contribution is -2.25.